The van der Waals surface area contributed by atoms with Crippen LogP contribution in [0.3, 0.4) is 0 Å². The molecule has 122 valence electrons. The molecule has 1 aromatic heterocycles. The number of nitrogens with zero attached hydrogens (tertiary/aromatic N) is 2. The molecule has 1 fully saturated rings. The monoisotopic (exact) mass is 314 g/mol. The Morgan fingerprint density at radius 3 is 2.83 bits per heavy atom. The standard InChI is InChI=1S/C17H22N4O2/c1-13(12-21-7-9-23-10-8-21)18-17(22)16-11-15(19-20-16)14-5-3-2-4-6-14/h2-6,11,13H,7-10,12H2,1H3,(H,18,22)(H,19,20)/t13-/m1/s1. The van der Waals surface area contributed by atoms with Crippen molar-refractivity contribution in [1.29, 1.82) is 0 Å². The van der Waals surface area contributed by atoms with Gasteiger partial charge in [0.25, 0.3) is 5.91 Å². The number of hydrogen-bond donors (Lipinski definition) is 2. The van der Waals surface area contributed by atoms with Crippen LogP contribution in [0.25, 0.3) is 11.3 Å². The van der Waals surface area contributed by atoms with Crippen LogP contribution in [0.4, 0.5) is 0 Å². The van der Waals surface area contributed by atoms with E-state index in [0.29, 0.717) is 5.69 Å². The van der Waals surface area contributed by atoms with Gasteiger partial charge in [0, 0.05) is 31.2 Å². The third-order valence-electron chi connectivity index (χ3n) is 3.91. The Hall–Kier alpha value is -2.18. The lowest BCUT2D eigenvalue weighted by molar-refractivity contribution is 0.0342. The van der Waals surface area contributed by atoms with Crippen molar-refractivity contribution in [2.45, 2.75) is 13.0 Å². The van der Waals surface area contributed by atoms with Gasteiger partial charge < -0.3 is 10.1 Å². The molecule has 6 heteroatoms. The molecule has 2 N–H and O–H groups in total. The molecule has 0 saturated carbocycles. The third-order valence-corrected chi connectivity index (χ3v) is 3.91. The number of amides is 1. The third kappa shape index (κ3) is 4.18. The van der Waals surface area contributed by atoms with E-state index in [-0.39, 0.29) is 11.9 Å². The maximum absolute atomic E-state index is 12.3. The molecule has 1 aliphatic heterocycles. The molecule has 0 bridgehead atoms. The van der Waals surface area contributed by atoms with Gasteiger partial charge in [-0.3, -0.25) is 14.8 Å². The number of H-pyrrole nitrogens is 1. The van der Waals surface area contributed by atoms with Crippen molar-refractivity contribution in [2.75, 3.05) is 32.8 Å². The number of nitrogens with one attached hydrogen (secondary N) is 2. The van der Waals surface area contributed by atoms with Gasteiger partial charge in [-0.2, -0.15) is 5.10 Å². The van der Waals surface area contributed by atoms with Gasteiger partial charge in [-0.15, -0.1) is 0 Å². The molecule has 1 aromatic carbocycles. The molecular weight excluding hydrogens is 292 g/mol. The number of aromatic nitrogens is 2. The fourth-order valence-electron chi connectivity index (χ4n) is 2.71. The highest BCUT2D eigenvalue weighted by molar-refractivity contribution is 5.93. The maximum atomic E-state index is 12.3. The van der Waals surface area contributed by atoms with Crippen LogP contribution in [0.5, 0.6) is 0 Å². The summed E-state index contributed by atoms with van der Waals surface area (Å²) in [5.41, 5.74) is 2.25. The van der Waals surface area contributed by atoms with Crippen molar-refractivity contribution >= 4 is 5.91 Å². The lowest BCUT2D eigenvalue weighted by atomic mass is 10.1. The largest absolute Gasteiger partial charge is 0.379 e. The first-order chi connectivity index (χ1) is 11.2. The molecule has 2 heterocycles. The van der Waals surface area contributed by atoms with Gasteiger partial charge in [0.2, 0.25) is 0 Å². The van der Waals surface area contributed by atoms with E-state index in [9.17, 15) is 4.79 Å². The minimum absolute atomic E-state index is 0.0732. The van der Waals surface area contributed by atoms with Crippen molar-refractivity contribution in [3.8, 4) is 11.3 Å². The molecule has 23 heavy (non-hydrogen) atoms. The van der Waals surface area contributed by atoms with Crippen molar-refractivity contribution in [1.82, 2.24) is 20.4 Å². The molecule has 3 rings (SSSR count). The Morgan fingerprint density at radius 2 is 2.09 bits per heavy atom. The normalized spacial score (nSPS) is 16.9. The van der Waals surface area contributed by atoms with Gasteiger partial charge in [0.15, 0.2) is 0 Å². The number of aromatic amines is 1. The quantitative estimate of drug-likeness (QED) is 0.878. The zero-order valence-corrected chi connectivity index (χ0v) is 13.3. The number of carbonyl (C=O) groups is 1. The van der Waals surface area contributed by atoms with E-state index < -0.39 is 0 Å². The van der Waals surface area contributed by atoms with E-state index in [1.54, 1.807) is 6.07 Å². The molecular formula is C17H22N4O2. The van der Waals surface area contributed by atoms with Crippen LogP contribution in [-0.2, 0) is 4.74 Å². The first-order valence-electron chi connectivity index (χ1n) is 7.94. The summed E-state index contributed by atoms with van der Waals surface area (Å²) >= 11 is 0. The maximum Gasteiger partial charge on any atom is 0.269 e. The molecule has 2 aromatic rings. The highest BCUT2D eigenvalue weighted by Gasteiger charge is 2.17. The average molecular weight is 314 g/mol. The van der Waals surface area contributed by atoms with Gasteiger partial charge >= 0.3 is 0 Å². The summed E-state index contributed by atoms with van der Waals surface area (Å²) in [6.07, 6.45) is 0. The fraction of sp³-hybridized carbons (Fsp3) is 0.412. The average Bonchev–Trinajstić information content (AvgIpc) is 3.06. The molecule has 0 unspecified atom stereocenters. The van der Waals surface area contributed by atoms with Crippen molar-refractivity contribution in [3.63, 3.8) is 0 Å². The van der Waals surface area contributed by atoms with Crippen LogP contribution in [0.2, 0.25) is 0 Å². The number of ether oxygens (including phenoxy) is 1. The summed E-state index contributed by atoms with van der Waals surface area (Å²) < 4.78 is 5.33. The SMILES string of the molecule is C[C@H](CN1CCOCC1)NC(=O)c1cc(-c2ccccc2)n[nH]1. The zero-order chi connectivity index (χ0) is 16.1. The van der Waals surface area contributed by atoms with Gasteiger partial charge in [0.1, 0.15) is 5.69 Å². The van der Waals surface area contributed by atoms with E-state index in [1.807, 2.05) is 37.3 Å². The summed E-state index contributed by atoms with van der Waals surface area (Å²) in [6.45, 7) is 6.21. The van der Waals surface area contributed by atoms with Crippen molar-refractivity contribution in [2.24, 2.45) is 0 Å². The van der Waals surface area contributed by atoms with Crippen molar-refractivity contribution in [3.05, 3.63) is 42.1 Å². The lowest BCUT2D eigenvalue weighted by Gasteiger charge is -2.29. The van der Waals surface area contributed by atoms with Crippen LogP contribution in [0, 0.1) is 0 Å². The number of carbonyl (C=O) groups excluding carboxylic acids is 1. The predicted octanol–water partition coefficient (Wildman–Crippen LogP) is 1.53. The summed E-state index contributed by atoms with van der Waals surface area (Å²) in [5, 5.41) is 10.1. The van der Waals surface area contributed by atoms with Gasteiger partial charge in [-0.1, -0.05) is 30.3 Å². The molecule has 1 atom stereocenters. The second-order valence-electron chi connectivity index (χ2n) is 5.82. The van der Waals surface area contributed by atoms with Crippen LogP contribution in [0.15, 0.2) is 36.4 Å². The highest BCUT2D eigenvalue weighted by atomic mass is 16.5. The second kappa shape index (κ2) is 7.39. The summed E-state index contributed by atoms with van der Waals surface area (Å²) in [6, 6.07) is 11.7. The van der Waals surface area contributed by atoms with Crippen LogP contribution in [0.1, 0.15) is 17.4 Å². The van der Waals surface area contributed by atoms with E-state index in [1.165, 1.54) is 0 Å². The Bertz CT molecular complexity index is 635. The molecule has 0 radical (unpaired) electrons. The topological polar surface area (TPSA) is 70.2 Å². The smallest absolute Gasteiger partial charge is 0.269 e. The summed E-state index contributed by atoms with van der Waals surface area (Å²) in [7, 11) is 0. The Balaban J connectivity index is 1.56. The number of hydrogen-bond acceptors (Lipinski definition) is 4. The minimum Gasteiger partial charge on any atom is -0.379 e. The summed E-state index contributed by atoms with van der Waals surface area (Å²) in [5.74, 6) is -0.125. The Morgan fingerprint density at radius 1 is 1.35 bits per heavy atom. The van der Waals surface area contributed by atoms with Crippen LogP contribution < -0.4 is 5.32 Å². The van der Waals surface area contributed by atoms with Gasteiger partial charge in [-0.25, -0.2) is 0 Å². The highest BCUT2D eigenvalue weighted by Crippen LogP contribution is 2.16. The second-order valence-corrected chi connectivity index (χ2v) is 5.82. The summed E-state index contributed by atoms with van der Waals surface area (Å²) in [4.78, 5) is 14.6. The number of morpholine rings is 1. The van der Waals surface area contributed by atoms with E-state index >= 15 is 0 Å². The van der Waals surface area contributed by atoms with Crippen LogP contribution >= 0.6 is 0 Å². The lowest BCUT2D eigenvalue weighted by Crippen LogP contribution is -2.46. The molecule has 1 amide bonds. The first kappa shape index (κ1) is 15.7. The zero-order valence-electron chi connectivity index (χ0n) is 13.3. The van der Waals surface area contributed by atoms with E-state index in [4.69, 9.17) is 4.74 Å². The molecule has 0 aliphatic carbocycles. The number of rotatable bonds is 5. The molecule has 6 nitrogen and oxygen atoms in total. The Labute approximate surface area is 135 Å². The van der Waals surface area contributed by atoms with Crippen LogP contribution in [-0.4, -0.2) is 59.9 Å². The molecule has 1 aliphatic rings. The number of benzene rings is 1. The van der Waals surface area contributed by atoms with Gasteiger partial charge in [-0.05, 0) is 13.0 Å². The van der Waals surface area contributed by atoms with Gasteiger partial charge in [0.05, 0.1) is 18.9 Å². The minimum atomic E-state index is -0.125. The van der Waals surface area contributed by atoms with Crippen molar-refractivity contribution < 1.29 is 9.53 Å². The first-order valence-corrected chi connectivity index (χ1v) is 7.94. The fourth-order valence-corrected chi connectivity index (χ4v) is 2.71. The van der Waals surface area contributed by atoms with E-state index in [2.05, 4.69) is 20.4 Å². The predicted molar refractivity (Wildman–Crippen MR) is 88.2 cm³/mol. The molecule has 0 spiro atoms. The Kier molecular flexibility index (Phi) is 5.05. The molecule has 1 saturated heterocycles. The van der Waals surface area contributed by atoms with E-state index in [0.717, 1.165) is 44.1 Å².